The van der Waals surface area contributed by atoms with Gasteiger partial charge in [0.25, 0.3) is 5.91 Å². The normalized spacial score (nSPS) is 11.3. The molecule has 0 saturated carbocycles. The van der Waals surface area contributed by atoms with Gasteiger partial charge in [-0.2, -0.15) is 0 Å². The number of aryl methyl sites for hydroxylation is 1. The first-order chi connectivity index (χ1) is 16.1. The fraction of sp³-hybridized carbons (Fsp3) is 0.0385. The molecule has 6 rings (SSSR count). The van der Waals surface area contributed by atoms with Crippen molar-refractivity contribution in [2.75, 3.05) is 5.32 Å². The Kier molecular flexibility index (Phi) is 4.78. The third-order valence-electron chi connectivity index (χ3n) is 5.44. The summed E-state index contributed by atoms with van der Waals surface area (Å²) in [4.78, 5) is 23.2. The van der Waals surface area contributed by atoms with E-state index in [4.69, 9.17) is 4.98 Å². The highest BCUT2D eigenvalue weighted by Crippen LogP contribution is 2.31. The summed E-state index contributed by atoms with van der Waals surface area (Å²) in [6.07, 6.45) is 1.91. The molecule has 0 aliphatic carbocycles. The van der Waals surface area contributed by atoms with Crippen LogP contribution in [-0.4, -0.2) is 20.3 Å². The first-order valence-electron chi connectivity index (χ1n) is 10.4. The van der Waals surface area contributed by atoms with Crippen molar-refractivity contribution in [3.63, 3.8) is 0 Å². The lowest BCUT2D eigenvalue weighted by atomic mass is 10.2. The van der Waals surface area contributed by atoms with E-state index >= 15 is 0 Å². The summed E-state index contributed by atoms with van der Waals surface area (Å²) in [5, 5.41) is 5.81. The number of carbonyl (C=O) groups excluding carboxylic acids is 1. The molecule has 5 nitrogen and oxygen atoms in total. The quantitative estimate of drug-likeness (QED) is 0.307. The highest BCUT2D eigenvalue weighted by atomic mass is 32.1. The number of benzene rings is 3. The van der Waals surface area contributed by atoms with Crippen LogP contribution in [0.25, 0.3) is 37.0 Å². The molecular formula is C26H18N4OS2. The predicted octanol–water partition coefficient (Wildman–Crippen LogP) is 6.90. The molecule has 3 heterocycles. The number of rotatable bonds is 4. The van der Waals surface area contributed by atoms with Crippen LogP contribution in [0.3, 0.4) is 0 Å². The van der Waals surface area contributed by atoms with Crippen molar-refractivity contribution in [1.29, 1.82) is 0 Å². The Balaban J connectivity index is 1.23. The summed E-state index contributed by atoms with van der Waals surface area (Å²) in [5.41, 5.74) is 6.46. The van der Waals surface area contributed by atoms with Gasteiger partial charge < -0.3 is 5.32 Å². The van der Waals surface area contributed by atoms with Crippen LogP contribution in [0, 0.1) is 6.92 Å². The predicted molar refractivity (Wildman–Crippen MR) is 136 cm³/mol. The molecule has 0 bridgehead atoms. The second-order valence-corrected chi connectivity index (χ2v) is 9.65. The number of anilines is 1. The Bertz CT molecular complexity index is 1610. The second kappa shape index (κ2) is 7.95. The van der Waals surface area contributed by atoms with Crippen LogP contribution >= 0.6 is 22.7 Å². The Morgan fingerprint density at radius 3 is 2.58 bits per heavy atom. The molecule has 33 heavy (non-hydrogen) atoms. The number of carbonyl (C=O) groups is 1. The van der Waals surface area contributed by atoms with Crippen LogP contribution < -0.4 is 5.32 Å². The van der Waals surface area contributed by atoms with Crippen molar-refractivity contribution >= 4 is 49.4 Å². The van der Waals surface area contributed by atoms with E-state index in [0.717, 1.165) is 38.0 Å². The van der Waals surface area contributed by atoms with Crippen molar-refractivity contribution in [3.05, 3.63) is 95.6 Å². The summed E-state index contributed by atoms with van der Waals surface area (Å²) in [5.74, 6) is -0.165. The summed E-state index contributed by atoms with van der Waals surface area (Å²) >= 11 is 3.13. The topological polar surface area (TPSA) is 59.3 Å². The van der Waals surface area contributed by atoms with Crippen LogP contribution in [0.1, 0.15) is 16.1 Å². The van der Waals surface area contributed by atoms with Crippen molar-refractivity contribution in [3.8, 4) is 21.8 Å². The Labute approximate surface area is 198 Å². The van der Waals surface area contributed by atoms with Crippen LogP contribution in [0.5, 0.6) is 0 Å². The number of thiazole rings is 2. The number of imidazole rings is 1. The standard InChI is InChI=1S/C26H18N4OS2/c1-16-7-12-20-23(13-16)33-25(28-20)18-8-10-19(11-9-18)27-24(31)22-15-32-26-29-21(14-30(22)26)17-5-3-2-4-6-17/h2-15H,1H3,(H,27,31). The van der Waals surface area contributed by atoms with Crippen LogP contribution in [0.15, 0.2) is 84.4 Å². The summed E-state index contributed by atoms with van der Waals surface area (Å²) in [6.45, 7) is 2.09. The van der Waals surface area contributed by atoms with Gasteiger partial charge >= 0.3 is 0 Å². The van der Waals surface area contributed by atoms with E-state index in [1.54, 1.807) is 11.3 Å². The summed E-state index contributed by atoms with van der Waals surface area (Å²) in [6, 6.07) is 24.1. The molecule has 0 aliphatic rings. The zero-order valence-corrected chi connectivity index (χ0v) is 19.3. The van der Waals surface area contributed by atoms with Gasteiger partial charge in [-0.25, -0.2) is 9.97 Å². The van der Waals surface area contributed by atoms with E-state index in [9.17, 15) is 4.79 Å². The van der Waals surface area contributed by atoms with E-state index in [2.05, 4.69) is 35.4 Å². The molecule has 1 N–H and O–H groups in total. The molecule has 0 atom stereocenters. The Morgan fingerprint density at radius 2 is 1.76 bits per heavy atom. The van der Waals surface area contributed by atoms with E-state index < -0.39 is 0 Å². The molecule has 1 amide bonds. The molecule has 0 aliphatic heterocycles. The summed E-state index contributed by atoms with van der Waals surface area (Å²) in [7, 11) is 0. The van der Waals surface area contributed by atoms with Gasteiger partial charge in [-0.15, -0.1) is 22.7 Å². The van der Waals surface area contributed by atoms with E-state index in [1.807, 2.05) is 70.6 Å². The third kappa shape index (κ3) is 3.71. The molecule has 6 aromatic rings. The van der Waals surface area contributed by atoms with Gasteiger partial charge in [-0.3, -0.25) is 9.20 Å². The second-order valence-electron chi connectivity index (χ2n) is 7.79. The highest BCUT2D eigenvalue weighted by Gasteiger charge is 2.16. The SMILES string of the molecule is Cc1ccc2nc(-c3ccc(NC(=O)c4csc5nc(-c6ccccc6)cn45)cc3)sc2c1. The van der Waals surface area contributed by atoms with Crippen LogP contribution in [-0.2, 0) is 0 Å². The lowest BCUT2D eigenvalue weighted by Crippen LogP contribution is -2.13. The molecule has 7 heteroatoms. The molecule has 0 saturated heterocycles. The fourth-order valence-corrected chi connectivity index (χ4v) is 5.66. The van der Waals surface area contributed by atoms with E-state index in [-0.39, 0.29) is 5.91 Å². The number of hydrogen-bond acceptors (Lipinski definition) is 5. The molecule has 0 radical (unpaired) electrons. The van der Waals surface area contributed by atoms with Gasteiger partial charge in [-0.1, -0.05) is 36.4 Å². The van der Waals surface area contributed by atoms with Gasteiger partial charge in [0, 0.05) is 28.4 Å². The van der Waals surface area contributed by atoms with Crippen LogP contribution in [0.2, 0.25) is 0 Å². The first kappa shape index (κ1) is 19.8. The number of aromatic nitrogens is 3. The van der Waals surface area contributed by atoms with Crippen LogP contribution in [0.4, 0.5) is 5.69 Å². The van der Waals surface area contributed by atoms with E-state index in [0.29, 0.717) is 5.69 Å². The molecule has 3 aromatic heterocycles. The smallest absolute Gasteiger partial charge is 0.273 e. The largest absolute Gasteiger partial charge is 0.321 e. The lowest BCUT2D eigenvalue weighted by Gasteiger charge is -2.05. The van der Waals surface area contributed by atoms with Gasteiger partial charge in [0.2, 0.25) is 0 Å². The van der Waals surface area contributed by atoms with Crippen molar-refractivity contribution in [2.45, 2.75) is 6.92 Å². The minimum absolute atomic E-state index is 0.165. The maximum Gasteiger partial charge on any atom is 0.273 e. The van der Waals surface area contributed by atoms with Gasteiger partial charge in [0.15, 0.2) is 4.96 Å². The number of nitrogens with one attached hydrogen (secondary N) is 1. The minimum atomic E-state index is -0.165. The van der Waals surface area contributed by atoms with Crippen molar-refractivity contribution < 1.29 is 4.79 Å². The maximum absolute atomic E-state index is 13.0. The van der Waals surface area contributed by atoms with E-state index in [1.165, 1.54) is 21.6 Å². The molecule has 3 aromatic carbocycles. The maximum atomic E-state index is 13.0. The third-order valence-corrected chi connectivity index (χ3v) is 7.35. The van der Waals surface area contributed by atoms with Gasteiger partial charge in [0.1, 0.15) is 10.7 Å². The number of nitrogens with zero attached hydrogens (tertiary/aromatic N) is 3. The number of fused-ring (bicyclic) bond motifs is 2. The summed E-state index contributed by atoms with van der Waals surface area (Å²) < 4.78 is 3.03. The molecule has 160 valence electrons. The average Bonchev–Trinajstić information content (AvgIpc) is 3.54. The minimum Gasteiger partial charge on any atom is -0.321 e. The zero-order chi connectivity index (χ0) is 22.4. The Morgan fingerprint density at radius 1 is 0.939 bits per heavy atom. The van der Waals surface area contributed by atoms with Gasteiger partial charge in [0.05, 0.1) is 15.9 Å². The van der Waals surface area contributed by atoms with Crippen molar-refractivity contribution in [2.24, 2.45) is 0 Å². The average molecular weight is 467 g/mol. The molecular weight excluding hydrogens is 448 g/mol. The fourth-order valence-electron chi connectivity index (χ4n) is 3.74. The number of hydrogen-bond donors (Lipinski definition) is 1. The Hall–Kier alpha value is -3.81. The molecule has 0 unspecified atom stereocenters. The van der Waals surface area contributed by atoms with Crippen molar-refractivity contribution in [1.82, 2.24) is 14.4 Å². The molecule has 0 fully saturated rings. The lowest BCUT2D eigenvalue weighted by molar-refractivity contribution is 0.102. The van der Waals surface area contributed by atoms with Gasteiger partial charge in [-0.05, 0) is 48.9 Å². The zero-order valence-electron chi connectivity index (χ0n) is 17.6. The molecule has 0 spiro atoms. The monoisotopic (exact) mass is 466 g/mol. The highest BCUT2D eigenvalue weighted by molar-refractivity contribution is 7.21. The first-order valence-corrected chi connectivity index (χ1v) is 12.1. The number of amides is 1.